The number of carbonyl (C=O) groups is 10. The zero-order chi connectivity index (χ0) is 54.6. The third-order valence-electron chi connectivity index (χ3n) is 12.6. The molecule has 0 bridgehead atoms. The number of nitrogens with zero attached hydrogens (tertiary/aromatic N) is 3. The minimum absolute atomic E-state index is 0.0404. The van der Waals surface area contributed by atoms with Crippen LogP contribution in [0.5, 0.6) is 0 Å². The Balaban J connectivity index is 1.01. The molecule has 2 aromatic heterocycles. The van der Waals surface area contributed by atoms with Crippen molar-refractivity contribution in [3.05, 3.63) is 68.8 Å². The van der Waals surface area contributed by atoms with Gasteiger partial charge in [-0.3, -0.25) is 52.8 Å². The normalized spacial score (nSPS) is 17.2. The number of esters is 2. The predicted molar refractivity (Wildman–Crippen MR) is 260 cm³/mol. The van der Waals surface area contributed by atoms with Gasteiger partial charge in [0.25, 0.3) is 17.4 Å². The molecule has 8 amide bonds. The lowest BCUT2D eigenvalue weighted by molar-refractivity contribution is -0.172. The van der Waals surface area contributed by atoms with Crippen molar-refractivity contribution in [2.24, 2.45) is 0 Å². The molecule has 7 N–H and O–H groups in total. The van der Waals surface area contributed by atoms with E-state index < -0.39 is 112 Å². The Bertz CT molecular complexity index is 2930. The van der Waals surface area contributed by atoms with E-state index >= 15 is 4.39 Å². The van der Waals surface area contributed by atoms with Crippen molar-refractivity contribution in [1.29, 1.82) is 0 Å². The summed E-state index contributed by atoms with van der Waals surface area (Å²) in [6.07, 6.45) is 1.99. The van der Waals surface area contributed by atoms with Crippen molar-refractivity contribution >= 4 is 75.8 Å². The van der Waals surface area contributed by atoms with Gasteiger partial charge in [0, 0.05) is 54.1 Å². The summed E-state index contributed by atoms with van der Waals surface area (Å²) in [5, 5.41) is 26.3. The second-order valence-corrected chi connectivity index (χ2v) is 19.2. The van der Waals surface area contributed by atoms with Crippen LogP contribution in [0.2, 0.25) is 0 Å². The lowest BCUT2D eigenvalue weighted by atomic mass is 9.86. The summed E-state index contributed by atoms with van der Waals surface area (Å²) >= 11 is 0. The molecular weight excluding hydrogens is 970 g/mol. The lowest BCUT2D eigenvalue weighted by Crippen LogP contribution is -2.56. The molecule has 1 aromatic carbocycles. The average Bonchev–Trinajstić information content (AvgIpc) is 3.86. The zero-order valence-corrected chi connectivity index (χ0v) is 42.2. The highest BCUT2D eigenvalue weighted by molar-refractivity contribution is 6.13. The molecule has 0 radical (unpaired) electrons. The largest absolute Gasteiger partial charge is 0.460 e. The van der Waals surface area contributed by atoms with Crippen molar-refractivity contribution in [2.75, 3.05) is 18.4 Å². The number of hydrogen-bond acceptors (Lipinski definition) is 15. The predicted octanol–water partition coefficient (Wildman–Crippen LogP) is 0.662. The number of ether oxygens (including phenoxy) is 2. The molecule has 5 atom stereocenters. The zero-order valence-electron chi connectivity index (χ0n) is 42.2. The first kappa shape index (κ1) is 55.4. The topological polar surface area (TPSA) is 320 Å². The van der Waals surface area contributed by atoms with Crippen LogP contribution in [0.15, 0.2) is 35.1 Å². The monoisotopic (exact) mass is 1030 g/mol. The molecule has 3 aliphatic rings. The smallest absolute Gasteiger partial charge is 0.343 e. The SMILES string of the molecule is CCc1c2c(nc3cc(F)c(NC(=O)CNC(=O)[C@H](C)NC(=O)[C@H](C)NC(=O)[C@H](C)NC(=O)[C@H](CCC(=O)OC(C)(C)C)NC(=O)CCCN4C(=O)C=CC4=O)cc13)-c1cc3c(c(=O)n1C2)COC(=O)[C@]3(O)CC. The number of halogens is 1. The fraction of sp³-hybridized carbons (Fsp3) is 0.480. The van der Waals surface area contributed by atoms with Crippen LogP contribution in [-0.4, -0.2) is 122 Å². The van der Waals surface area contributed by atoms with E-state index in [2.05, 4.69) is 31.9 Å². The number of nitrogens with one attached hydrogen (secondary N) is 6. The van der Waals surface area contributed by atoms with Gasteiger partial charge in [-0.15, -0.1) is 0 Å². The highest BCUT2D eigenvalue weighted by atomic mass is 19.1. The van der Waals surface area contributed by atoms with Gasteiger partial charge in [0.15, 0.2) is 5.60 Å². The van der Waals surface area contributed by atoms with Crippen molar-refractivity contribution in [2.45, 2.75) is 142 Å². The van der Waals surface area contributed by atoms with Crippen molar-refractivity contribution in [1.82, 2.24) is 41.0 Å². The van der Waals surface area contributed by atoms with E-state index in [0.29, 0.717) is 34.3 Å². The molecule has 0 spiro atoms. The maximum atomic E-state index is 15.6. The van der Waals surface area contributed by atoms with Gasteiger partial charge in [0.1, 0.15) is 42.2 Å². The number of pyridine rings is 2. The van der Waals surface area contributed by atoms with Crippen LogP contribution >= 0.6 is 0 Å². The quantitative estimate of drug-likeness (QED) is 0.0473. The summed E-state index contributed by atoms with van der Waals surface area (Å²) in [6.45, 7) is 11.5. The number of fused-ring (bicyclic) bond motifs is 5. The van der Waals surface area contributed by atoms with Gasteiger partial charge in [-0.25, -0.2) is 14.2 Å². The molecule has 5 heterocycles. The van der Waals surface area contributed by atoms with Crippen LogP contribution in [0.3, 0.4) is 0 Å². The molecule has 74 heavy (non-hydrogen) atoms. The first-order valence-corrected chi connectivity index (χ1v) is 24.1. The number of rotatable bonds is 20. The lowest BCUT2D eigenvalue weighted by Gasteiger charge is -2.31. The van der Waals surface area contributed by atoms with Gasteiger partial charge in [-0.2, -0.15) is 0 Å². The molecule has 23 nitrogen and oxygen atoms in total. The van der Waals surface area contributed by atoms with Gasteiger partial charge in [-0.1, -0.05) is 13.8 Å². The summed E-state index contributed by atoms with van der Waals surface area (Å²) < 4.78 is 27.6. The van der Waals surface area contributed by atoms with Crippen LogP contribution < -0.4 is 37.5 Å². The molecule has 0 unspecified atom stereocenters. The highest BCUT2D eigenvalue weighted by Crippen LogP contribution is 2.41. The average molecular weight is 1030 g/mol. The Morgan fingerprint density at radius 1 is 0.838 bits per heavy atom. The molecule has 0 saturated carbocycles. The first-order valence-electron chi connectivity index (χ1n) is 24.1. The molecule has 6 rings (SSSR count). The number of hydrogen-bond donors (Lipinski definition) is 7. The van der Waals surface area contributed by atoms with Crippen molar-refractivity contribution < 1.29 is 66.9 Å². The van der Waals surface area contributed by atoms with Gasteiger partial charge < -0.3 is 51.0 Å². The van der Waals surface area contributed by atoms with Crippen LogP contribution in [0, 0.1) is 5.82 Å². The van der Waals surface area contributed by atoms with Gasteiger partial charge >= 0.3 is 11.9 Å². The minimum atomic E-state index is -2.03. The number of cyclic esters (lactones) is 1. The Kier molecular flexibility index (Phi) is 16.8. The van der Waals surface area contributed by atoms with E-state index in [9.17, 15) is 57.8 Å². The molecule has 3 aliphatic heterocycles. The third kappa shape index (κ3) is 12.3. The van der Waals surface area contributed by atoms with Crippen molar-refractivity contribution in [3.63, 3.8) is 0 Å². The number of benzene rings is 1. The van der Waals surface area contributed by atoms with Crippen LogP contribution in [0.4, 0.5) is 10.1 Å². The van der Waals surface area contributed by atoms with Gasteiger partial charge in [0.05, 0.1) is 41.2 Å². The number of carbonyl (C=O) groups excluding carboxylic acids is 10. The number of imide groups is 1. The van der Waals surface area contributed by atoms with E-state index in [0.717, 1.165) is 23.1 Å². The molecule has 24 heteroatoms. The Morgan fingerprint density at radius 2 is 1.46 bits per heavy atom. The van der Waals surface area contributed by atoms with Gasteiger partial charge in [0.2, 0.25) is 35.4 Å². The first-order chi connectivity index (χ1) is 34.8. The Morgan fingerprint density at radius 3 is 2.07 bits per heavy atom. The number of aromatic nitrogens is 2. The highest BCUT2D eigenvalue weighted by Gasteiger charge is 2.45. The van der Waals surface area contributed by atoms with E-state index in [4.69, 9.17) is 14.5 Å². The number of amides is 8. The van der Waals surface area contributed by atoms with E-state index in [1.165, 1.54) is 31.4 Å². The fourth-order valence-electron chi connectivity index (χ4n) is 8.62. The van der Waals surface area contributed by atoms with Crippen LogP contribution in [-0.2, 0) is 82.6 Å². The van der Waals surface area contributed by atoms with Crippen LogP contribution in [0.25, 0.3) is 22.3 Å². The Hall–Kier alpha value is -7.89. The van der Waals surface area contributed by atoms with E-state index in [-0.39, 0.29) is 74.1 Å². The molecule has 0 fully saturated rings. The van der Waals surface area contributed by atoms with Gasteiger partial charge in [-0.05, 0) is 84.9 Å². The summed E-state index contributed by atoms with van der Waals surface area (Å²) in [7, 11) is 0. The van der Waals surface area contributed by atoms with Crippen LogP contribution in [0.1, 0.15) is 110 Å². The number of aryl methyl sites for hydroxylation is 1. The molecular formula is C50H60FN9O14. The number of anilines is 1. The minimum Gasteiger partial charge on any atom is -0.460 e. The fourth-order valence-corrected chi connectivity index (χ4v) is 8.62. The summed E-state index contributed by atoms with van der Waals surface area (Å²) in [6, 6.07) is -1.02. The second-order valence-electron chi connectivity index (χ2n) is 19.2. The molecule has 396 valence electrons. The summed E-state index contributed by atoms with van der Waals surface area (Å²) in [5.41, 5.74) is -0.938. The van der Waals surface area contributed by atoms with E-state index in [1.807, 2.05) is 6.92 Å². The number of aliphatic hydroxyl groups is 1. The maximum absolute atomic E-state index is 15.6. The van der Waals surface area contributed by atoms with E-state index in [1.54, 1.807) is 33.8 Å². The standard InChI is InChI=1S/C50H60FN9O14/c1-9-27-28-18-35(32(51)20-34(28)58-42-29(27)22-60-36(42)19-31-30(47(60)70)23-73-48(71)50(31,72)10-2)57-38(62)21-52-43(66)24(3)53-44(67)25(4)54-45(68)26(5)55-46(69)33(13-16-41(65)74-49(6,7)8)56-37(61)12-11-17-59-39(63)14-15-40(59)64/h14-15,18-20,24-26,33,72H,9-13,16-17,21-23H2,1-8H3,(H,52,66)(H,53,67)(H,54,68)(H,55,69)(H,56,61)(H,57,62)/t24-,25-,26-,33-,50-/m0/s1. The summed E-state index contributed by atoms with van der Waals surface area (Å²) in [4.78, 5) is 147. The summed E-state index contributed by atoms with van der Waals surface area (Å²) in [5.74, 6) is -8.15. The van der Waals surface area contributed by atoms with Crippen molar-refractivity contribution in [3.8, 4) is 11.4 Å². The maximum Gasteiger partial charge on any atom is 0.343 e. The second kappa shape index (κ2) is 22.5. The Labute approximate surface area is 423 Å². The molecule has 0 aliphatic carbocycles. The third-order valence-corrected chi connectivity index (χ3v) is 12.6. The molecule has 0 saturated heterocycles. The molecule has 3 aromatic rings.